The Labute approximate surface area is 147 Å². The number of fused-ring (bicyclic) bond motifs is 1. The number of rotatable bonds is 3. The van der Waals surface area contributed by atoms with E-state index in [-0.39, 0.29) is 0 Å². The number of hydrogen-bond donors (Lipinski definition) is 1. The number of aliphatic hydroxyl groups is 1. The van der Waals surface area contributed by atoms with Crippen molar-refractivity contribution in [3.05, 3.63) is 64.7 Å². The molecule has 1 aliphatic heterocycles. The molecule has 124 valence electrons. The van der Waals surface area contributed by atoms with Crippen LogP contribution in [-0.2, 0) is 0 Å². The van der Waals surface area contributed by atoms with Crippen molar-refractivity contribution >= 4 is 28.8 Å². The van der Waals surface area contributed by atoms with E-state index in [1.807, 2.05) is 67.3 Å². The summed E-state index contributed by atoms with van der Waals surface area (Å²) in [6, 6.07) is 15.3. The lowest BCUT2D eigenvalue weighted by atomic mass is 10.0. The third-order valence-electron chi connectivity index (χ3n) is 4.07. The van der Waals surface area contributed by atoms with E-state index in [1.54, 1.807) is 0 Å². The van der Waals surface area contributed by atoms with Gasteiger partial charge in [0, 0.05) is 29.2 Å². The summed E-state index contributed by atoms with van der Waals surface area (Å²) in [5, 5.41) is 11.3. The Bertz CT molecular complexity index is 782. The summed E-state index contributed by atoms with van der Waals surface area (Å²) >= 11 is 6.20. The first-order chi connectivity index (χ1) is 11.6. The highest BCUT2D eigenvalue weighted by Crippen LogP contribution is 2.29. The zero-order valence-corrected chi connectivity index (χ0v) is 14.5. The predicted octanol–water partition coefficient (Wildman–Crippen LogP) is 3.88. The fourth-order valence-electron chi connectivity index (χ4n) is 2.83. The molecule has 2 aromatic rings. The Balaban J connectivity index is 2.20. The minimum Gasteiger partial charge on any atom is -0.365 e. The lowest BCUT2D eigenvalue weighted by Gasteiger charge is -2.24. The van der Waals surface area contributed by atoms with Crippen LogP contribution in [0.4, 0.5) is 5.69 Å². The summed E-state index contributed by atoms with van der Waals surface area (Å²) in [6.07, 6.45) is -1.01. The highest BCUT2D eigenvalue weighted by molar-refractivity contribution is 6.31. The van der Waals surface area contributed by atoms with Gasteiger partial charge in [-0.15, -0.1) is 0 Å². The molecule has 0 spiro atoms. The third kappa shape index (κ3) is 3.21. The molecule has 0 saturated heterocycles. The van der Waals surface area contributed by atoms with Crippen LogP contribution in [0.15, 0.2) is 58.5 Å². The topological polar surface area (TPSA) is 48.2 Å². The molecule has 5 heteroatoms. The van der Waals surface area contributed by atoms with E-state index in [0.717, 1.165) is 29.9 Å². The van der Waals surface area contributed by atoms with Gasteiger partial charge in [0.15, 0.2) is 5.84 Å². The molecule has 0 aromatic heterocycles. The average Bonchev–Trinajstić information content (AvgIpc) is 2.74. The maximum atomic E-state index is 10.7. The maximum Gasteiger partial charge on any atom is 0.204 e. The molecule has 0 fully saturated rings. The smallest absolute Gasteiger partial charge is 0.204 e. The van der Waals surface area contributed by atoms with Crippen LogP contribution in [0.1, 0.15) is 25.0 Å². The van der Waals surface area contributed by atoms with Crippen LogP contribution in [-0.4, -0.2) is 40.9 Å². The van der Waals surface area contributed by atoms with Crippen molar-refractivity contribution in [2.24, 2.45) is 9.98 Å². The molecule has 1 heterocycles. The van der Waals surface area contributed by atoms with Crippen molar-refractivity contribution in [1.82, 2.24) is 4.90 Å². The first kappa shape index (κ1) is 16.7. The predicted molar refractivity (Wildman–Crippen MR) is 99.6 cm³/mol. The van der Waals surface area contributed by atoms with Gasteiger partial charge in [-0.05, 0) is 32.0 Å². The number of benzene rings is 2. The van der Waals surface area contributed by atoms with Gasteiger partial charge in [-0.25, -0.2) is 9.98 Å². The summed E-state index contributed by atoms with van der Waals surface area (Å²) in [5.74, 6) is 0.564. The summed E-state index contributed by atoms with van der Waals surface area (Å²) in [6.45, 7) is 5.58. The molecule has 1 aliphatic rings. The Kier molecular flexibility index (Phi) is 4.97. The van der Waals surface area contributed by atoms with Crippen LogP contribution < -0.4 is 0 Å². The Morgan fingerprint density at radius 3 is 2.46 bits per heavy atom. The minimum absolute atomic E-state index is 0.564. The first-order valence-corrected chi connectivity index (χ1v) is 8.46. The van der Waals surface area contributed by atoms with Crippen LogP contribution in [0, 0.1) is 0 Å². The van der Waals surface area contributed by atoms with Gasteiger partial charge in [-0.3, -0.25) is 0 Å². The molecule has 2 aromatic carbocycles. The fourth-order valence-corrected chi connectivity index (χ4v) is 3.01. The lowest BCUT2D eigenvalue weighted by Crippen LogP contribution is -2.38. The normalized spacial score (nSPS) is 16.8. The number of aliphatic imine (C=N–C) groups is 2. The molecule has 0 radical (unpaired) electrons. The zero-order chi connectivity index (χ0) is 17.1. The summed E-state index contributed by atoms with van der Waals surface area (Å²) in [5.41, 5.74) is 3.22. The van der Waals surface area contributed by atoms with Crippen molar-refractivity contribution in [2.45, 2.75) is 20.1 Å². The number of halogens is 1. The molecule has 3 rings (SSSR count). The number of amidine groups is 1. The SMILES string of the molecule is CCN(CC)C1=Nc2ccc(Cl)cc2C(c2ccccc2)=NC1O. The molecule has 1 N–H and O–H groups in total. The van der Waals surface area contributed by atoms with E-state index in [9.17, 15) is 5.11 Å². The molecule has 24 heavy (non-hydrogen) atoms. The number of aliphatic hydroxyl groups excluding tert-OH is 1. The second-order valence-corrected chi connectivity index (χ2v) is 5.96. The molecular formula is C19H20ClN3O. The van der Waals surface area contributed by atoms with Crippen molar-refractivity contribution in [2.75, 3.05) is 13.1 Å². The van der Waals surface area contributed by atoms with Crippen molar-refractivity contribution in [3.8, 4) is 0 Å². The minimum atomic E-state index is -1.01. The molecule has 4 nitrogen and oxygen atoms in total. The van der Waals surface area contributed by atoms with Gasteiger partial charge in [0.05, 0.1) is 11.4 Å². The van der Waals surface area contributed by atoms with Crippen LogP contribution in [0.2, 0.25) is 5.02 Å². The number of likely N-dealkylation sites (N-methyl/N-ethyl adjacent to an activating group) is 1. The Morgan fingerprint density at radius 2 is 1.79 bits per heavy atom. The molecular weight excluding hydrogens is 322 g/mol. The molecule has 0 saturated carbocycles. The highest BCUT2D eigenvalue weighted by atomic mass is 35.5. The van der Waals surface area contributed by atoms with Gasteiger partial charge in [-0.2, -0.15) is 0 Å². The van der Waals surface area contributed by atoms with Gasteiger partial charge in [0.1, 0.15) is 0 Å². The van der Waals surface area contributed by atoms with Crippen molar-refractivity contribution in [1.29, 1.82) is 0 Å². The van der Waals surface area contributed by atoms with Crippen molar-refractivity contribution < 1.29 is 5.11 Å². The van der Waals surface area contributed by atoms with E-state index in [2.05, 4.69) is 4.99 Å². The van der Waals surface area contributed by atoms with Gasteiger partial charge in [0.2, 0.25) is 6.23 Å². The largest absolute Gasteiger partial charge is 0.365 e. The molecule has 0 amide bonds. The van der Waals surface area contributed by atoms with E-state index >= 15 is 0 Å². The Hall–Kier alpha value is -2.17. The zero-order valence-electron chi connectivity index (χ0n) is 13.8. The summed E-state index contributed by atoms with van der Waals surface area (Å²) in [4.78, 5) is 11.3. The molecule has 0 bridgehead atoms. The molecule has 0 aliphatic carbocycles. The van der Waals surface area contributed by atoms with E-state index in [1.165, 1.54) is 0 Å². The van der Waals surface area contributed by atoms with Gasteiger partial charge in [-0.1, -0.05) is 41.9 Å². The van der Waals surface area contributed by atoms with E-state index < -0.39 is 6.23 Å². The Morgan fingerprint density at radius 1 is 1.08 bits per heavy atom. The van der Waals surface area contributed by atoms with Crippen LogP contribution in [0.25, 0.3) is 0 Å². The van der Waals surface area contributed by atoms with Crippen LogP contribution in [0.3, 0.4) is 0 Å². The van der Waals surface area contributed by atoms with E-state index in [4.69, 9.17) is 16.6 Å². The third-order valence-corrected chi connectivity index (χ3v) is 4.30. The van der Waals surface area contributed by atoms with Gasteiger partial charge >= 0.3 is 0 Å². The number of hydrogen-bond acceptors (Lipinski definition) is 4. The van der Waals surface area contributed by atoms with Gasteiger partial charge < -0.3 is 10.0 Å². The molecule has 1 unspecified atom stereocenters. The second-order valence-electron chi connectivity index (χ2n) is 5.52. The van der Waals surface area contributed by atoms with Crippen LogP contribution >= 0.6 is 11.6 Å². The van der Waals surface area contributed by atoms with Crippen LogP contribution in [0.5, 0.6) is 0 Å². The highest BCUT2D eigenvalue weighted by Gasteiger charge is 2.24. The molecule has 1 atom stereocenters. The van der Waals surface area contributed by atoms with E-state index in [0.29, 0.717) is 16.6 Å². The summed E-state index contributed by atoms with van der Waals surface area (Å²) in [7, 11) is 0. The second kappa shape index (κ2) is 7.16. The lowest BCUT2D eigenvalue weighted by molar-refractivity contribution is 0.231. The van der Waals surface area contributed by atoms with Gasteiger partial charge in [0.25, 0.3) is 0 Å². The number of nitrogens with zero attached hydrogens (tertiary/aromatic N) is 3. The monoisotopic (exact) mass is 341 g/mol. The average molecular weight is 342 g/mol. The standard InChI is InChI=1S/C19H20ClN3O/c1-3-23(4-2)18-19(24)22-17(13-8-6-5-7-9-13)15-12-14(20)10-11-16(15)21-18/h5-12,19,24H,3-4H2,1-2H3. The summed E-state index contributed by atoms with van der Waals surface area (Å²) < 4.78 is 0. The quantitative estimate of drug-likeness (QED) is 0.921. The van der Waals surface area contributed by atoms with Crippen molar-refractivity contribution in [3.63, 3.8) is 0 Å². The maximum absolute atomic E-state index is 10.7. The first-order valence-electron chi connectivity index (χ1n) is 8.08. The fraction of sp³-hybridized carbons (Fsp3) is 0.263.